The van der Waals surface area contributed by atoms with Crippen LogP contribution in [0.3, 0.4) is 0 Å². The number of carbonyl (C=O) groups excluding carboxylic acids is 1. The average Bonchev–Trinajstić information content (AvgIpc) is 2.50. The lowest BCUT2D eigenvalue weighted by Gasteiger charge is -2.40. The number of carbonyl (C=O) groups is 1. The molecular formula is C19H20FNO3S. The highest BCUT2D eigenvalue weighted by atomic mass is 32.2. The van der Waals surface area contributed by atoms with E-state index in [0.717, 1.165) is 17.5 Å². The molecule has 0 radical (unpaired) electrons. The fourth-order valence-electron chi connectivity index (χ4n) is 3.11. The zero-order valence-corrected chi connectivity index (χ0v) is 15.0. The molecule has 6 heteroatoms. The van der Waals surface area contributed by atoms with Gasteiger partial charge in [-0.2, -0.15) is 0 Å². The molecule has 2 aromatic rings. The Bertz CT molecular complexity index is 916. The fraction of sp³-hybridized carbons (Fsp3) is 0.316. The van der Waals surface area contributed by atoms with E-state index in [2.05, 4.69) is 4.72 Å². The normalized spacial score (nSPS) is 16.1. The number of hydrogen-bond donors (Lipinski definition) is 1. The summed E-state index contributed by atoms with van der Waals surface area (Å²) in [6.07, 6.45) is 1.92. The van der Waals surface area contributed by atoms with Gasteiger partial charge in [0, 0.05) is 0 Å². The zero-order chi connectivity index (χ0) is 18.2. The predicted octanol–water partition coefficient (Wildman–Crippen LogP) is 3.37. The molecule has 132 valence electrons. The van der Waals surface area contributed by atoms with Gasteiger partial charge in [0.05, 0.1) is 10.3 Å². The molecule has 0 aromatic heterocycles. The highest BCUT2D eigenvalue weighted by Crippen LogP contribution is 2.44. The SMILES string of the molecule is Cc1ccc(S(=O)(=O)NC(=O)C2(c3ccc(F)cc3)CCC2)cc1C. The summed E-state index contributed by atoms with van der Waals surface area (Å²) in [6, 6.07) is 10.4. The topological polar surface area (TPSA) is 63.2 Å². The molecule has 0 saturated heterocycles. The summed E-state index contributed by atoms with van der Waals surface area (Å²) in [5.41, 5.74) is 1.56. The fourth-order valence-corrected chi connectivity index (χ4v) is 4.24. The smallest absolute Gasteiger partial charge is 0.264 e. The van der Waals surface area contributed by atoms with E-state index >= 15 is 0 Å². The van der Waals surface area contributed by atoms with Crippen LogP contribution in [-0.2, 0) is 20.2 Å². The Labute approximate surface area is 147 Å². The Balaban J connectivity index is 1.89. The minimum Gasteiger partial charge on any atom is -0.273 e. The zero-order valence-electron chi connectivity index (χ0n) is 14.2. The van der Waals surface area contributed by atoms with Crippen LogP contribution in [0.1, 0.15) is 36.0 Å². The summed E-state index contributed by atoms with van der Waals surface area (Å²) < 4.78 is 40.6. The van der Waals surface area contributed by atoms with E-state index in [1.54, 1.807) is 24.3 Å². The van der Waals surface area contributed by atoms with Gasteiger partial charge in [0.1, 0.15) is 5.82 Å². The number of halogens is 1. The third-order valence-corrected chi connectivity index (χ3v) is 6.38. The number of rotatable bonds is 4. The van der Waals surface area contributed by atoms with Crippen LogP contribution in [0, 0.1) is 19.7 Å². The number of benzene rings is 2. The largest absolute Gasteiger partial charge is 0.273 e. The lowest BCUT2D eigenvalue weighted by atomic mass is 9.64. The van der Waals surface area contributed by atoms with E-state index in [4.69, 9.17) is 0 Å². The third kappa shape index (κ3) is 3.18. The molecule has 1 saturated carbocycles. The first kappa shape index (κ1) is 17.6. The van der Waals surface area contributed by atoms with Gasteiger partial charge in [-0.1, -0.05) is 24.6 Å². The molecule has 1 aliphatic rings. The Morgan fingerprint density at radius 2 is 1.68 bits per heavy atom. The number of amides is 1. The van der Waals surface area contributed by atoms with Crippen molar-refractivity contribution in [3.05, 3.63) is 65.0 Å². The lowest BCUT2D eigenvalue weighted by molar-refractivity contribution is -0.128. The van der Waals surface area contributed by atoms with Crippen molar-refractivity contribution in [1.82, 2.24) is 4.72 Å². The molecule has 0 atom stereocenters. The van der Waals surface area contributed by atoms with E-state index < -0.39 is 21.3 Å². The average molecular weight is 361 g/mol. The molecular weight excluding hydrogens is 341 g/mol. The van der Waals surface area contributed by atoms with Crippen LogP contribution < -0.4 is 4.72 Å². The van der Waals surface area contributed by atoms with Crippen LogP contribution in [0.15, 0.2) is 47.4 Å². The van der Waals surface area contributed by atoms with Crippen molar-refractivity contribution in [3.63, 3.8) is 0 Å². The highest BCUT2D eigenvalue weighted by molar-refractivity contribution is 7.90. The molecule has 1 fully saturated rings. The minimum atomic E-state index is -3.95. The van der Waals surface area contributed by atoms with Crippen molar-refractivity contribution in [2.75, 3.05) is 0 Å². The molecule has 0 heterocycles. The number of aryl methyl sites for hydroxylation is 2. The first-order chi connectivity index (χ1) is 11.7. The van der Waals surface area contributed by atoms with Crippen LogP contribution >= 0.6 is 0 Å². The molecule has 0 spiro atoms. The van der Waals surface area contributed by atoms with Crippen molar-refractivity contribution in [2.45, 2.75) is 43.4 Å². The van der Waals surface area contributed by atoms with Crippen LogP contribution in [0.2, 0.25) is 0 Å². The maximum absolute atomic E-state index is 13.2. The standard InChI is InChI=1S/C19H20FNO3S/c1-13-4-9-17(12-14(13)2)25(23,24)21-18(22)19(10-3-11-19)15-5-7-16(20)8-6-15/h4-9,12H,3,10-11H2,1-2H3,(H,21,22). The van der Waals surface area contributed by atoms with Crippen LogP contribution in [-0.4, -0.2) is 14.3 Å². The lowest BCUT2D eigenvalue weighted by Crippen LogP contribution is -2.50. The van der Waals surface area contributed by atoms with Crippen molar-refractivity contribution in [3.8, 4) is 0 Å². The number of hydrogen-bond acceptors (Lipinski definition) is 3. The van der Waals surface area contributed by atoms with Crippen molar-refractivity contribution in [1.29, 1.82) is 0 Å². The predicted molar refractivity (Wildman–Crippen MR) is 93.2 cm³/mol. The monoisotopic (exact) mass is 361 g/mol. The minimum absolute atomic E-state index is 0.0672. The van der Waals surface area contributed by atoms with Gasteiger partial charge in [0.15, 0.2) is 0 Å². The Kier molecular flexibility index (Phi) is 4.41. The van der Waals surface area contributed by atoms with E-state index in [0.29, 0.717) is 18.4 Å². The van der Waals surface area contributed by atoms with Crippen molar-refractivity contribution in [2.24, 2.45) is 0 Å². The first-order valence-electron chi connectivity index (χ1n) is 8.15. The molecule has 3 rings (SSSR count). The summed E-state index contributed by atoms with van der Waals surface area (Å²) in [7, 11) is -3.95. The maximum atomic E-state index is 13.2. The second-order valence-electron chi connectivity index (χ2n) is 6.62. The molecule has 2 aromatic carbocycles. The molecule has 0 unspecified atom stereocenters. The van der Waals surface area contributed by atoms with E-state index in [-0.39, 0.29) is 10.7 Å². The molecule has 0 aliphatic heterocycles. The van der Waals surface area contributed by atoms with Crippen LogP contribution in [0.4, 0.5) is 4.39 Å². The van der Waals surface area contributed by atoms with Gasteiger partial charge in [-0.15, -0.1) is 0 Å². The summed E-state index contributed by atoms with van der Waals surface area (Å²) in [6.45, 7) is 3.71. The number of sulfonamides is 1. The van der Waals surface area contributed by atoms with Gasteiger partial charge >= 0.3 is 0 Å². The molecule has 25 heavy (non-hydrogen) atoms. The molecule has 0 bridgehead atoms. The van der Waals surface area contributed by atoms with Gasteiger partial charge < -0.3 is 0 Å². The van der Waals surface area contributed by atoms with Gasteiger partial charge in [-0.05, 0) is 67.6 Å². The van der Waals surface area contributed by atoms with Crippen LogP contribution in [0.25, 0.3) is 0 Å². The van der Waals surface area contributed by atoms with Crippen molar-refractivity contribution >= 4 is 15.9 Å². The molecule has 1 aliphatic carbocycles. The van der Waals surface area contributed by atoms with Gasteiger partial charge in [0.2, 0.25) is 5.91 Å². The van der Waals surface area contributed by atoms with Crippen LogP contribution in [0.5, 0.6) is 0 Å². The van der Waals surface area contributed by atoms with E-state index in [1.807, 2.05) is 13.8 Å². The Hall–Kier alpha value is -2.21. The van der Waals surface area contributed by atoms with E-state index in [9.17, 15) is 17.6 Å². The molecule has 1 N–H and O–H groups in total. The molecule has 4 nitrogen and oxygen atoms in total. The molecule has 1 amide bonds. The first-order valence-corrected chi connectivity index (χ1v) is 9.63. The quantitative estimate of drug-likeness (QED) is 0.908. The Morgan fingerprint density at radius 3 is 2.20 bits per heavy atom. The van der Waals surface area contributed by atoms with Crippen molar-refractivity contribution < 1.29 is 17.6 Å². The summed E-state index contributed by atoms with van der Waals surface area (Å²) in [4.78, 5) is 12.9. The maximum Gasteiger partial charge on any atom is 0.264 e. The van der Waals surface area contributed by atoms with Gasteiger partial charge in [-0.3, -0.25) is 4.79 Å². The number of nitrogens with one attached hydrogen (secondary N) is 1. The summed E-state index contributed by atoms with van der Waals surface area (Å²) >= 11 is 0. The van der Waals surface area contributed by atoms with Gasteiger partial charge in [-0.25, -0.2) is 17.5 Å². The Morgan fingerprint density at radius 1 is 1.04 bits per heavy atom. The summed E-state index contributed by atoms with van der Waals surface area (Å²) in [5.74, 6) is -0.940. The second kappa shape index (κ2) is 6.26. The van der Waals surface area contributed by atoms with Gasteiger partial charge in [0.25, 0.3) is 10.0 Å². The second-order valence-corrected chi connectivity index (χ2v) is 8.31. The van der Waals surface area contributed by atoms with E-state index in [1.165, 1.54) is 18.2 Å². The highest BCUT2D eigenvalue weighted by Gasteiger charge is 2.47. The summed E-state index contributed by atoms with van der Waals surface area (Å²) in [5, 5.41) is 0. The third-order valence-electron chi connectivity index (χ3n) is 5.05.